The van der Waals surface area contributed by atoms with E-state index in [1.165, 1.54) is 0 Å². The summed E-state index contributed by atoms with van der Waals surface area (Å²) in [6, 6.07) is 10.1. The van der Waals surface area contributed by atoms with Crippen molar-refractivity contribution in [3.63, 3.8) is 0 Å². The maximum Gasteiger partial charge on any atom is 0.171 e. The van der Waals surface area contributed by atoms with Crippen molar-refractivity contribution < 1.29 is 0 Å². The van der Waals surface area contributed by atoms with Crippen molar-refractivity contribution in [1.29, 1.82) is 5.26 Å². The Morgan fingerprint density at radius 2 is 2.05 bits per heavy atom. The third-order valence-electron chi connectivity index (χ3n) is 3.67. The molecule has 1 fully saturated rings. The second kappa shape index (κ2) is 4.89. The Morgan fingerprint density at radius 3 is 2.70 bits per heavy atom. The summed E-state index contributed by atoms with van der Waals surface area (Å²) >= 11 is 0. The van der Waals surface area contributed by atoms with Gasteiger partial charge in [0.05, 0.1) is 5.69 Å². The summed E-state index contributed by atoms with van der Waals surface area (Å²) in [6.45, 7) is 3.91. The minimum Gasteiger partial charge on any atom is -0.382 e. The zero-order valence-electron chi connectivity index (χ0n) is 11.5. The predicted octanol–water partition coefficient (Wildman–Crippen LogP) is 2.23. The van der Waals surface area contributed by atoms with Crippen LogP contribution in [0.3, 0.4) is 0 Å². The van der Waals surface area contributed by atoms with E-state index in [2.05, 4.69) is 16.1 Å². The van der Waals surface area contributed by atoms with Crippen LogP contribution in [-0.4, -0.2) is 22.9 Å². The van der Waals surface area contributed by atoms with Crippen molar-refractivity contribution >= 4 is 11.6 Å². The Hall–Kier alpha value is -2.48. The van der Waals surface area contributed by atoms with Crippen molar-refractivity contribution in [2.24, 2.45) is 0 Å². The van der Waals surface area contributed by atoms with Gasteiger partial charge in [0.15, 0.2) is 5.82 Å². The monoisotopic (exact) mass is 267 g/mol. The molecule has 1 aromatic heterocycles. The largest absolute Gasteiger partial charge is 0.382 e. The molecule has 2 aromatic rings. The van der Waals surface area contributed by atoms with Crippen LogP contribution in [0.25, 0.3) is 5.69 Å². The molecule has 0 amide bonds. The lowest BCUT2D eigenvalue weighted by atomic mass is 10.2. The molecule has 0 atom stereocenters. The molecular weight excluding hydrogens is 250 g/mol. The van der Waals surface area contributed by atoms with Crippen molar-refractivity contribution in [3.05, 3.63) is 35.4 Å². The van der Waals surface area contributed by atoms with Gasteiger partial charge in [-0.25, -0.2) is 4.68 Å². The van der Waals surface area contributed by atoms with E-state index in [1.54, 1.807) is 4.68 Å². The molecule has 1 aliphatic heterocycles. The van der Waals surface area contributed by atoms with Gasteiger partial charge in [0.25, 0.3) is 0 Å². The number of nitrogens with two attached hydrogens (primary N) is 1. The fourth-order valence-electron chi connectivity index (χ4n) is 2.63. The summed E-state index contributed by atoms with van der Waals surface area (Å²) in [4.78, 5) is 2.14. The zero-order valence-corrected chi connectivity index (χ0v) is 11.5. The molecule has 20 heavy (non-hydrogen) atoms. The number of aryl methyl sites for hydroxylation is 1. The van der Waals surface area contributed by atoms with Gasteiger partial charge in [-0.15, -0.1) is 5.10 Å². The first-order valence-corrected chi connectivity index (χ1v) is 6.81. The summed E-state index contributed by atoms with van der Waals surface area (Å²) in [5.41, 5.74) is 8.63. The molecule has 0 radical (unpaired) electrons. The second-order valence-corrected chi connectivity index (χ2v) is 5.14. The zero-order chi connectivity index (χ0) is 14.1. The maximum absolute atomic E-state index is 9.36. The molecule has 2 heterocycles. The minimum absolute atomic E-state index is 0.417. The number of anilines is 2. The highest BCUT2D eigenvalue weighted by Crippen LogP contribution is 2.29. The fraction of sp³-hybridized carbons (Fsp3) is 0.333. The molecule has 5 heteroatoms. The minimum atomic E-state index is 0.417. The molecule has 5 nitrogen and oxygen atoms in total. The summed E-state index contributed by atoms with van der Waals surface area (Å²) in [5.74, 6) is 1.13. The third kappa shape index (κ3) is 1.99. The van der Waals surface area contributed by atoms with E-state index in [0.717, 1.165) is 37.2 Å². The number of nitriles is 1. The normalized spacial score (nSPS) is 14.5. The molecular formula is C15H17N5. The summed E-state index contributed by atoms with van der Waals surface area (Å²) in [6.07, 6.45) is 2.28. The number of hydrogen-bond acceptors (Lipinski definition) is 4. The lowest BCUT2D eigenvalue weighted by molar-refractivity contribution is 0.849. The number of aromatic nitrogens is 2. The first-order valence-electron chi connectivity index (χ1n) is 6.81. The van der Waals surface area contributed by atoms with Crippen LogP contribution in [0.5, 0.6) is 0 Å². The highest BCUT2D eigenvalue weighted by atomic mass is 15.4. The number of rotatable bonds is 2. The van der Waals surface area contributed by atoms with Gasteiger partial charge in [0.1, 0.15) is 17.5 Å². The van der Waals surface area contributed by atoms with E-state index in [4.69, 9.17) is 5.73 Å². The molecule has 0 unspecified atom stereocenters. The average Bonchev–Trinajstić information content (AvgIpc) is 3.05. The van der Waals surface area contributed by atoms with Crippen LogP contribution in [0, 0.1) is 18.3 Å². The Labute approximate surface area is 118 Å². The summed E-state index contributed by atoms with van der Waals surface area (Å²) in [7, 11) is 0. The Kier molecular flexibility index (Phi) is 3.07. The van der Waals surface area contributed by atoms with Crippen LogP contribution >= 0.6 is 0 Å². The van der Waals surface area contributed by atoms with E-state index in [1.807, 2.05) is 31.2 Å². The van der Waals surface area contributed by atoms with Gasteiger partial charge < -0.3 is 10.6 Å². The topological polar surface area (TPSA) is 70.9 Å². The standard InChI is InChI=1S/C15H17N5/c1-11-5-4-6-12(9-11)20-14(17)13(10-16)15(18-20)19-7-2-3-8-19/h4-6,9H,2-3,7-8,17H2,1H3. The van der Waals surface area contributed by atoms with Crippen LogP contribution in [-0.2, 0) is 0 Å². The first-order chi connectivity index (χ1) is 9.70. The Morgan fingerprint density at radius 1 is 1.30 bits per heavy atom. The van der Waals surface area contributed by atoms with Gasteiger partial charge in [-0.05, 0) is 37.5 Å². The Balaban J connectivity index is 2.11. The van der Waals surface area contributed by atoms with E-state index < -0.39 is 0 Å². The Bertz CT molecular complexity index is 674. The van der Waals surface area contributed by atoms with Gasteiger partial charge in [0.2, 0.25) is 0 Å². The van der Waals surface area contributed by atoms with Crippen molar-refractivity contribution in [1.82, 2.24) is 9.78 Å². The van der Waals surface area contributed by atoms with Crippen LogP contribution in [0.1, 0.15) is 24.0 Å². The van der Waals surface area contributed by atoms with Gasteiger partial charge in [0, 0.05) is 13.1 Å². The van der Waals surface area contributed by atoms with Crippen LogP contribution in [0.4, 0.5) is 11.6 Å². The van der Waals surface area contributed by atoms with Gasteiger partial charge in [-0.3, -0.25) is 0 Å². The lowest BCUT2D eigenvalue weighted by Crippen LogP contribution is -2.19. The molecule has 2 N–H and O–H groups in total. The average molecular weight is 267 g/mol. The molecule has 1 saturated heterocycles. The summed E-state index contributed by atoms with van der Waals surface area (Å²) < 4.78 is 1.67. The summed E-state index contributed by atoms with van der Waals surface area (Å²) in [5, 5.41) is 13.9. The molecule has 3 rings (SSSR count). The second-order valence-electron chi connectivity index (χ2n) is 5.14. The van der Waals surface area contributed by atoms with Crippen LogP contribution in [0.15, 0.2) is 24.3 Å². The smallest absolute Gasteiger partial charge is 0.171 e. The van der Waals surface area contributed by atoms with E-state index in [0.29, 0.717) is 17.2 Å². The molecule has 102 valence electrons. The number of hydrogen-bond donors (Lipinski definition) is 1. The van der Waals surface area contributed by atoms with Crippen LogP contribution < -0.4 is 10.6 Å². The molecule has 1 aliphatic rings. The number of nitrogens with zero attached hydrogens (tertiary/aromatic N) is 4. The molecule has 0 saturated carbocycles. The van der Waals surface area contributed by atoms with Crippen molar-refractivity contribution in [2.45, 2.75) is 19.8 Å². The highest BCUT2D eigenvalue weighted by molar-refractivity contribution is 5.67. The number of nitrogen functional groups attached to an aromatic ring is 1. The first kappa shape index (κ1) is 12.5. The lowest BCUT2D eigenvalue weighted by Gasteiger charge is -2.13. The van der Waals surface area contributed by atoms with Crippen molar-refractivity contribution in [3.8, 4) is 11.8 Å². The van der Waals surface area contributed by atoms with Gasteiger partial charge in [-0.1, -0.05) is 12.1 Å². The third-order valence-corrected chi connectivity index (χ3v) is 3.67. The van der Waals surface area contributed by atoms with Gasteiger partial charge >= 0.3 is 0 Å². The van der Waals surface area contributed by atoms with Gasteiger partial charge in [-0.2, -0.15) is 5.26 Å². The maximum atomic E-state index is 9.36. The number of benzene rings is 1. The molecule has 0 aliphatic carbocycles. The molecule has 1 aromatic carbocycles. The van der Waals surface area contributed by atoms with Crippen molar-refractivity contribution in [2.75, 3.05) is 23.7 Å². The predicted molar refractivity (Wildman–Crippen MR) is 78.9 cm³/mol. The fourth-order valence-corrected chi connectivity index (χ4v) is 2.63. The van der Waals surface area contributed by atoms with E-state index in [9.17, 15) is 5.26 Å². The SMILES string of the molecule is Cc1cccc(-n2nc(N3CCCC3)c(C#N)c2N)c1. The molecule has 0 spiro atoms. The van der Waals surface area contributed by atoms with Crippen LogP contribution in [0.2, 0.25) is 0 Å². The van der Waals surface area contributed by atoms with E-state index >= 15 is 0 Å². The van der Waals surface area contributed by atoms with E-state index in [-0.39, 0.29) is 0 Å². The molecule has 0 bridgehead atoms. The quantitative estimate of drug-likeness (QED) is 0.905. The highest BCUT2D eigenvalue weighted by Gasteiger charge is 2.23.